The summed E-state index contributed by atoms with van der Waals surface area (Å²) < 4.78 is 5.81. The Morgan fingerprint density at radius 1 is 1.03 bits per heavy atom. The topological polar surface area (TPSA) is 48.1 Å². The highest BCUT2D eigenvalue weighted by Gasteiger charge is 2.25. The highest BCUT2D eigenvalue weighted by atomic mass is 35.5. The third-order valence-corrected chi connectivity index (χ3v) is 5.45. The Kier molecular flexibility index (Phi) is 6.04. The van der Waals surface area contributed by atoms with Gasteiger partial charge in [0.05, 0.1) is 5.69 Å². The van der Waals surface area contributed by atoms with Crippen molar-refractivity contribution >= 4 is 35.0 Å². The number of anilines is 2. The lowest BCUT2D eigenvalue weighted by molar-refractivity contribution is -0.118. The zero-order valence-corrected chi connectivity index (χ0v) is 17.2. The number of carbonyl (C=O) groups is 1. The number of piperazine rings is 1. The average Bonchev–Trinajstić information content (AvgIpc) is 2.92. The molecule has 2 saturated heterocycles. The summed E-state index contributed by atoms with van der Waals surface area (Å²) in [5.41, 5.74) is 5.96. The maximum atomic E-state index is 13.2. The molecule has 0 aliphatic carbocycles. The molecule has 2 aromatic carbocycles. The normalized spacial score (nSPS) is 19.9. The van der Waals surface area contributed by atoms with Gasteiger partial charge in [-0.1, -0.05) is 29.8 Å². The molecule has 2 aliphatic rings. The van der Waals surface area contributed by atoms with E-state index in [9.17, 15) is 4.79 Å². The van der Waals surface area contributed by atoms with Gasteiger partial charge in [-0.05, 0) is 43.5 Å². The van der Waals surface area contributed by atoms with Crippen LogP contribution in [0.4, 0.5) is 11.4 Å². The molecule has 1 N–H and O–H groups in total. The van der Waals surface area contributed by atoms with Gasteiger partial charge in [-0.25, -0.2) is 10.4 Å². The monoisotopic (exact) mass is 412 g/mol. The highest BCUT2D eigenvalue weighted by Crippen LogP contribution is 2.26. The number of likely N-dealkylation sites (N-methyl/N-ethyl adjacent to an activating group) is 1. The maximum Gasteiger partial charge on any atom is 0.307 e. The van der Waals surface area contributed by atoms with Gasteiger partial charge >= 0.3 is 5.91 Å². The molecule has 152 valence electrons. The Morgan fingerprint density at radius 3 is 2.52 bits per heavy atom. The van der Waals surface area contributed by atoms with Crippen LogP contribution >= 0.6 is 11.6 Å². The molecule has 29 heavy (non-hydrogen) atoms. The average molecular weight is 413 g/mol. The maximum absolute atomic E-state index is 13.2. The van der Waals surface area contributed by atoms with Crippen molar-refractivity contribution in [3.05, 3.63) is 64.9 Å². The van der Waals surface area contributed by atoms with E-state index in [1.807, 2.05) is 36.4 Å². The highest BCUT2D eigenvalue weighted by molar-refractivity contribution is 6.30. The van der Waals surface area contributed by atoms with Crippen LogP contribution < -0.4 is 15.3 Å². The zero-order chi connectivity index (χ0) is 20.2. The summed E-state index contributed by atoms with van der Waals surface area (Å²) in [7, 11) is 2.14. The number of para-hydroxylation sites is 1. The van der Waals surface area contributed by atoms with Gasteiger partial charge in [-0.2, -0.15) is 0 Å². The van der Waals surface area contributed by atoms with Crippen LogP contribution in [0.3, 0.4) is 0 Å². The van der Waals surface area contributed by atoms with Crippen molar-refractivity contribution in [2.24, 2.45) is 0 Å². The van der Waals surface area contributed by atoms with Gasteiger partial charge in [0.15, 0.2) is 5.76 Å². The van der Waals surface area contributed by atoms with Gasteiger partial charge in [0, 0.05) is 49.0 Å². The van der Waals surface area contributed by atoms with Crippen LogP contribution in [-0.4, -0.2) is 57.2 Å². The SMILES string of the molecule is CN1CCN(c2ccccc2C=C2OCCNN(c3ccc(Cl)cc3)C2=O)CC1. The molecule has 4 rings (SSSR count). The summed E-state index contributed by atoms with van der Waals surface area (Å²) in [6, 6.07) is 15.3. The van der Waals surface area contributed by atoms with Gasteiger partial charge < -0.3 is 14.5 Å². The second-order valence-corrected chi connectivity index (χ2v) is 7.67. The molecular formula is C22H25ClN4O2. The van der Waals surface area contributed by atoms with E-state index in [1.54, 1.807) is 12.1 Å². The predicted octanol–water partition coefficient (Wildman–Crippen LogP) is 3.00. The Balaban J connectivity index is 1.63. The van der Waals surface area contributed by atoms with Gasteiger partial charge in [0.1, 0.15) is 6.61 Å². The molecule has 0 radical (unpaired) electrons. The Morgan fingerprint density at radius 2 is 1.76 bits per heavy atom. The fraction of sp³-hybridized carbons (Fsp3) is 0.318. The molecule has 7 heteroatoms. The van der Waals surface area contributed by atoms with Gasteiger partial charge in [-0.15, -0.1) is 0 Å². The van der Waals surface area contributed by atoms with E-state index in [2.05, 4.69) is 28.3 Å². The van der Waals surface area contributed by atoms with E-state index in [1.165, 1.54) is 5.01 Å². The Hall–Kier alpha value is -2.54. The number of hydrogen-bond donors (Lipinski definition) is 1. The van der Waals surface area contributed by atoms with E-state index < -0.39 is 0 Å². The van der Waals surface area contributed by atoms with Crippen molar-refractivity contribution in [2.75, 3.05) is 56.3 Å². The Labute approximate surface area is 176 Å². The number of hydrazine groups is 1. The fourth-order valence-corrected chi connectivity index (χ4v) is 3.68. The number of halogens is 1. The smallest absolute Gasteiger partial charge is 0.307 e. The summed E-state index contributed by atoms with van der Waals surface area (Å²) in [6.45, 7) is 4.92. The van der Waals surface area contributed by atoms with Crippen LogP contribution in [-0.2, 0) is 9.53 Å². The van der Waals surface area contributed by atoms with Crippen LogP contribution in [0, 0.1) is 0 Å². The third-order valence-electron chi connectivity index (χ3n) is 5.20. The predicted molar refractivity (Wildman–Crippen MR) is 117 cm³/mol. The van der Waals surface area contributed by atoms with Crippen molar-refractivity contribution < 1.29 is 9.53 Å². The summed E-state index contributed by atoms with van der Waals surface area (Å²) >= 11 is 5.99. The number of amides is 1. The van der Waals surface area contributed by atoms with E-state index in [4.69, 9.17) is 16.3 Å². The number of nitrogens with one attached hydrogen (secondary N) is 1. The molecular weight excluding hydrogens is 388 g/mol. The number of carbonyl (C=O) groups excluding carboxylic acids is 1. The van der Waals surface area contributed by atoms with Crippen LogP contribution in [0.2, 0.25) is 5.02 Å². The molecule has 0 unspecified atom stereocenters. The van der Waals surface area contributed by atoms with Gasteiger partial charge in [0.25, 0.3) is 0 Å². The van der Waals surface area contributed by atoms with E-state index >= 15 is 0 Å². The zero-order valence-electron chi connectivity index (χ0n) is 16.5. The lowest BCUT2D eigenvalue weighted by Gasteiger charge is -2.35. The van der Waals surface area contributed by atoms with Crippen LogP contribution in [0.1, 0.15) is 5.56 Å². The number of rotatable bonds is 3. The van der Waals surface area contributed by atoms with E-state index in [-0.39, 0.29) is 5.91 Å². The second-order valence-electron chi connectivity index (χ2n) is 7.23. The van der Waals surface area contributed by atoms with Crippen LogP contribution in [0.5, 0.6) is 0 Å². The molecule has 0 saturated carbocycles. The number of ether oxygens (including phenoxy) is 1. The standard InChI is InChI=1S/C22H25ClN4O2/c1-25-11-13-26(14-12-25)20-5-3-2-4-17(20)16-21-22(28)27(24-10-15-29-21)19-8-6-18(23)7-9-19/h2-9,16,24H,10-15H2,1H3. The van der Waals surface area contributed by atoms with Crippen LogP contribution in [0.15, 0.2) is 54.3 Å². The molecule has 2 heterocycles. The minimum absolute atomic E-state index is 0.224. The first kappa shape index (κ1) is 19.8. The summed E-state index contributed by atoms with van der Waals surface area (Å²) in [5, 5.41) is 2.15. The third kappa shape index (κ3) is 4.56. The van der Waals surface area contributed by atoms with Crippen molar-refractivity contribution in [2.45, 2.75) is 0 Å². The second kappa shape index (κ2) is 8.86. The van der Waals surface area contributed by atoms with Crippen molar-refractivity contribution in [3.63, 3.8) is 0 Å². The molecule has 2 aromatic rings. The fourth-order valence-electron chi connectivity index (χ4n) is 3.55. The molecule has 2 fully saturated rings. The lowest BCUT2D eigenvalue weighted by Crippen LogP contribution is -2.44. The molecule has 6 nitrogen and oxygen atoms in total. The first-order chi connectivity index (χ1) is 14.1. The molecule has 0 aromatic heterocycles. The number of benzene rings is 2. The number of nitrogens with zero attached hydrogens (tertiary/aromatic N) is 3. The van der Waals surface area contributed by atoms with Crippen LogP contribution in [0.25, 0.3) is 6.08 Å². The first-order valence-corrected chi connectivity index (χ1v) is 10.2. The minimum Gasteiger partial charge on any atom is -0.486 e. The van der Waals surface area contributed by atoms with Gasteiger partial charge in [-0.3, -0.25) is 4.79 Å². The van der Waals surface area contributed by atoms with Crippen molar-refractivity contribution in [3.8, 4) is 0 Å². The summed E-state index contributed by atoms with van der Waals surface area (Å²) in [4.78, 5) is 17.9. The largest absolute Gasteiger partial charge is 0.486 e. The van der Waals surface area contributed by atoms with Crippen molar-refractivity contribution in [1.82, 2.24) is 10.3 Å². The number of hydrogen-bond acceptors (Lipinski definition) is 5. The quantitative estimate of drug-likeness (QED) is 0.785. The van der Waals surface area contributed by atoms with E-state index in [0.29, 0.717) is 23.9 Å². The van der Waals surface area contributed by atoms with Gasteiger partial charge in [0.2, 0.25) is 0 Å². The molecule has 0 bridgehead atoms. The first-order valence-electron chi connectivity index (χ1n) is 9.82. The molecule has 0 atom stereocenters. The van der Waals surface area contributed by atoms with Crippen molar-refractivity contribution in [1.29, 1.82) is 0 Å². The Bertz CT molecular complexity index is 892. The molecule has 2 aliphatic heterocycles. The summed E-state index contributed by atoms with van der Waals surface area (Å²) in [5.74, 6) is 0.101. The summed E-state index contributed by atoms with van der Waals surface area (Å²) in [6.07, 6.45) is 1.85. The minimum atomic E-state index is -0.224. The van der Waals surface area contributed by atoms with E-state index in [0.717, 1.165) is 43.1 Å². The molecule has 0 spiro atoms. The lowest BCUT2D eigenvalue weighted by atomic mass is 10.1. The molecule has 1 amide bonds.